The van der Waals surface area contributed by atoms with E-state index < -0.39 is 0 Å². The summed E-state index contributed by atoms with van der Waals surface area (Å²) < 4.78 is 0. The number of rotatable bonds is 3. The molecule has 12 heavy (non-hydrogen) atoms. The molecule has 0 aromatic heterocycles. The van der Waals surface area contributed by atoms with Crippen molar-refractivity contribution >= 4 is 11.8 Å². The van der Waals surface area contributed by atoms with Crippen molar-refractivity contribution in [1.82, 2.24) is 5.32 Å². The molecule has 1 heterocycles. The highest BCUT2D eigenvalue weighted by molar-refractivity contribution is 7.99. The van der Waals surface area contributed by atoms with Crippen LogP contribution < -0.4 is 5.32 Å². The minimum Gasteiger partial charge on any atom is -0.395 e. The van der Waals surface area contributed by atoms with E-state index in [9.17, 15) is 0 Å². The molecule has 2 unspecified atom stereocenters. The topological polar surface area (TPSA) is 32.3 Å². The van der Waals surface area contributed by atoms with E-state index in [0.29, 0.717) is 11.3 Å². The highest BCUT2D eigenvalue weighted by atomic mass is 32.2. The highest BCUT2D eigenvalue weighted by Gasteiger charge is 2.22. The number of aliphatic hydroxyl groups excluding tert-OH is 1. The van der Waals surface area contributed by atoms with Crippen molar-refractivity contribution in [2.45, 2.75) is 44.0 Å². The zero-order valence-corrected chi connectivity index (χ0v) is 8.73. The first-order valence-electron chi connectivity index (χ1n) is 4.72. The third-order valence-corrected chi connectivity index (χ3v) is 3.76. The number of nitrogens with one attached hydrogen (secondary N) is 1. The summed E-state index contributed by atoms with van der Waals surface area (Å²) in [5.41, 5.74) is 0. The van der Waals surface area contributed by atoms with Crippen LogP contribution in [-0.4, -0.2) is 34.8 Å². The summed E-state index contributed by atoms with van der Waals surface area (Å²) >= 11 is 2.03. The van der Waals surface area contributed by atoms with Gasteiger partial charge in [0.15, 0.2) is 0 Å². The van der Waals surface area contributed by atoms with Crippen molar-refractivity contribution in [3.63, 3.8) is 0 Å². The molecule has 0 amide bonds. The van der Waals surface area contributed by atoms with E-state index in [4.69, 9.17) is 5.11 Å². The molecule has 0 bridgehead atoms. The Morgan fingerprint density at radius 1 is 1.67 bits per heavy atom. The van der Waals surface area contributed by atoms with E-state index in [0.717, 1.165) is 0 Å². The molecular weight excluding hydrogens is 170 g/mol. The predicted molar refractivity (Wildman–Crippen MR) is 54.6 cm³/mol. The van der Waals surface area contributed by atoms with Gasteiger partial charge in [0.25, 0.3) is 0 Å². The normalized spacial score (nSPS) is 33.2. The van der Waals surface area contributed by atoms with Crippen LogP contribution >= 0.6 is 11.8 Å². The van der Waals surface area contributed by atoms with Crippen LogP contribution in [0.4, 0.5) is 0 Å². The zero-order valence-electron chi connectivity index (χ0n) is 7.92. The van der Waals surface area contributed by atoms with Crippen LogP contribution in [0.3, 0.4) is 0 Å². The Morgan fingerprint density at radius 2 is 2.42 bits per heavy atom. The molecule has 0 aromatic carbocycles. The molecule has 0 saturated carbocycles. The van der Waals surface area contributed by atoms with Gasteiger partial charge in [-0.1, -0.05) is 6.92 Å². The van der Waals surface area contributed by atoms with E-state index in [-0.39, 0.29) is 12.6 Å². The smallest absolute Gasteiger partial charge is 0.0582 e. The summed E-state index contributed by atoms with van der Waals surface area (Å²) in [7, 11) is 0. The molecule has 1 saturated heterocycles. The van der Waals surface area contributed by atoms with Gasteiger partial charge in [-0.05, 0) is 25.5 Å². The van der Waals surface area contributed by atoms with Crippen molar-refractivity contribution in [3.8, 4) is 0 Å². The Morgan fingerprint density at radius 3 is 3.00 bits per heavy atom. The SMILES string of the molecule is CC1SCCCC1N[C@H](C)CO. The van der Waals surface area contributed by atoms with E-state index in [2.05, 4.69) is 12.2 Å². The molecule has 1 aliphatic heterocycles. The Balaban J connectivity index is 2.28. The van der Waals surface area contributed by atoms with E-state index >= 15 is 0 Å². The average Bonchev–Trinajstić information content (AvgIpc) is 2.09. The van der Waals surface area contributed by atoms with Gasteiger partial charge in [-0.15, -0.1) is 0 Å². The third kappa shape index (κ3) is 2.96. The third-order valence-electron chi connectivity index (χ3n) is 2.38. The van der Waals surface area contributed by atoms with Crippen LogP contribution in [0.25, 0.3) is 0 Å². The molecule has 0 aromatic rings. The molecule has 0 radical (unpaired) electrons. The van der Waals surface area contributed by atoms with Crippen LogP contribution in [0.5, 0.6) is 0 Å². The molecular formula is C9H19NOS. The Hall–Kier alpha value is 0.270. The zero-order chi connectivity index (χ0) is 8.97. The van der Waals surface area contributed by atoms with Crippen molar-refractivity contribution in [2.75, 3.05) is 12.4 Å². The fourth-order valence-electron chi connectivity index (χ4n) is 1.56. The van der Waals surface area contributed by atoms with E-state index in [1.807, 2.05) is 18.7 Å². The molecule has 0 spiro atoms. The fraction of sp³-hybridized carbons (Fsp3) is 1.00. The number of aliphatic hydroxyl groups is 1. The van der Waals surface area contributed by atoms with Crippen molar-refractivity contribution < 1.29 is 5.11 Å². The van der Waals surface area contributed by atoms with Gasteiger partial charge in [-0.2, -0.15) is 11.8 Å². The maximum Gasteiger partial charge on any atom is 0.0582 e. The van der Waals surface area contributed by atoms with Gasteiger partial charge in [0, 0.05) is 17.3 Å². The first-order valence-corrected chi connectivity index (χ1v) is 5.77. The van der Waals surface area contributed by atoms with Gasteiger partial charge in [-0.3, -0.25) is 0 Å². The van der Waals surface area contributed by atoms with Gasteiger partial charge in [0.2, 0.25) is 0 Å². The minimum absolute atomic E-state index is 0.244. The summed E-state index contributed by atoms with van der Waals surface area (Å²) in [5, 5.41) is 13.0. The van der Waals surface area contributed by atoms with Crippen LogP contribution in [0.15, 0.2) is 0 Å². The summed E-state index contributed by atoms with van der Waals surface area (Å²) in [6.45, 7) is 4.55. The summed E-state index contributed by atoms with van der Waals surface area (Å²) in [5.74, 6) is 1.30. The average molecular weight is 189 g/mol. The number of thioether (sulfide) groups is 1. The standard InChI is InChI=1S/C9H19NOS/c1-7(6-11)10-9-4-3-5-12-8(9)2/h7-11H,3-6H2,1-2H3/t7-,8?,9?/m1/s1. The van der Waals surface area contributed by atoms with Crippen LogP contribution in [0, 0.1) is 0 Å². The second-order valence-corrected chi connectivity index (χ2v) is 5.06. The van der Waals surface area contributed by atoms with Gasteiger partial charge < -0.3 is 10.4 Å². The van der Waals surface area contributed by atoms with Crippen LogP contribution in [-0.2, 0) is 0 Å². The molecule has 1 fully saturated rings. The number of hydrogen-bond acceptors (Lipinski definition) is 3. The molecule has 1 rings (SSSR count). The lowest BCUT2D eigenvalue weighted by atomic mass is 10.1. The Labute approximate surface area is 79.1 Å². The summed E-state index contributed by atoms with van der Waals surface area (Å²) in [4.78, 5) is 0. The lowest BCUT2D eigenvalue weighted by Crippen LogP contribution is -2.45. The molecule has 2 nitrogen and oxygen atoms in total. The van der Waals surface area contributed by atoms with Gasteiger partial charge in [-0.25, -0.2) is 0 Å². The Bertz CT molecular complexity index is 132. The molecule has 3 atom stereocenters. The molecule has 2 N–H and O–H groups in total. The summed E-state index contributed by atoms with van der Waals surface area (Å²) in [6.07, 6.45) is 2.57. The largest absolute Gasteiger partial charge is 0.395 e. The van der Waals surface area contributed by atoms with Crippen molar-refractivity contribution in [1.29, 1.82) is 0 Å². The lowest BCUT2D eigenvalue weighted by Gasteiger charge is -2.31. The van der Waals surface area contributed by atoms with Gasteiger partial charge >= 0.3 is 0 Å². The Kier molecular flexibility index (Phi) is 4.40. The second kappa shape index (κ2) is 5.10. The van der Waals surface area contributed by atoms with E-state index in [1.165, 1.54) is 18.6 Å². The van der Waals surface area contributed by atoms with Gasteiger partial charge in [0.1, 0.15) is 0 Å². The lowest BCUT2D eigenvalue weighted by molar-refractivity contribution is 0.237. The van der Waals surface area contributed by atoms with Crippen molar-refractivity contribution in [3.05, 3.63) is 0 Å². The maximum atomic E-state index is 8.88. The summed E-state index contributed by atoms with van der Waals surface area (Å²) in [6, 6.07) is 0.849. The first kappa shape index (κ1) is 10.4. The molecule has 3 heteroatoms. The fourth-order valence-corrected chi connectivity index (χ4v) is 2.71. The molecule has 0 aliphatic carbocycles. The van der Waals surface area contributed by atoms with Gasteiger partial charge in [0.05, 0.1) is 6.61 Å². The minimum atomic E-state index is 0.244. The monoisotopic (exact) mass is 189 g/mol. The predicted octanol–water partition coefficient (Wildman–Crippen LogP) is 1.24. The van der Waals surface area contributed by atoms with Crippen LogP contribution in [0.1, 0.15) is 26.7 Å². The van der Waals surface area contributed by atoms with E-state index in [1.54, 1.807) is 0 Å². The van der Waals surface area contributed by atoms with Crippen LogP contribution in [0.2, 0.25) is 0 Å². The highest BCUT2D eigenvalue weighted by Crippen LogP contribution is 2.25. The maximum absolute atomic E-state index is 8.88. The first-order chi connectivity index (χ1) is 5.74. The molecule has 72 valence electrons. The second-order valence-electron chi connectivity index (χ2n) is 3.57. The van der Waals surface area contributed by atoms with Crippen molar-refractivity contribution in [2.24, 2.45) is 0 Å². The number of hydrogen-bond donors (Lipinski definition) is 2. The molecule has 1 aliphatic rings. The quantitative estimate of drug-likeness (QED) is 0.700.